The topological polar surface area (TPSA) is 54.0 Å². The van der Waals surface area contributed by atoms with Gasteiger partial charge in [-0.25, -0.2) is 0 Å². The Morgan fingerprint density at radius 2 is 1.23 bits per heavy atom. The Labute approximate surface area is 208 Å². The van der Waals surface area contributed by atoms with E-state index in [1.807, 2.05) is 91.0 Å². The van der Waals surface area contributed by atoms with Gasteiger partial charge in [0, 0.05) is 0 Å². The van der Waals surface area contributed by atoms with E-state index in [0.717, 1.165) is 29.5 Å². The molecule has 1 aliphatic heterocycles. The van der Waals surface area contributed by atoms with Crippen molar-refractivity contribution in [2.24, 2.45) is 0 Å². The van der Waals surface area contributed by atoms with E-state index in [9.17, 15) is 4.79 Å². The van der Waals surface area contributed by atoms with Gasteiger partial charge in [-0.05, 0) is 23.1 Å². The molecule has 1 fully saturated rings. The first-order valence-electron chi connectivity index (χ1n) is 12.4. The molecule has 0 spiro atoms. The van der Waals surface area contributed by atoms with E-state index in [2.05, 4.69) is 6.92 Å². The number of hydrogen-bond acceptors (Lipinski definition) is 5. The maximum Gasteiger partial charge on any atom is 0.195 e. The molecule has 4 atom stereocenters. The number of ether oxygens (including phenoxy) is 4. The molecular formula is C30H34O5. The van der Waals surface area contributed by atoms with Crippen LogP contribution in [0.5, 0.6) is 0 Å². The van der Waals surface area contributed by atoms with Crippen molar-refractivity contribution in [1.29, 1.82) is 0 Å². The zero-order chi connectivity index (χ0) is 24.3. The molecule has 5 nitrogen and oxygen atoms in total. The van der Waals surface area contributed by atoms with Crippen LogP contribution >= 0.6 is 0 Å². The van der Waals surface area contributed by atoms with Gasteiger partial charge in [0.15, 0.2) is 5.78 Å². The Morgan fingerprint density at radius 3 is 1.77 bits per heavy atom. The summed E-state index contributed by atoms with van der Waals surface area (Å²) in [6.45, 7) is 3.44. The molecule has 1 aliphatic rings. The van der Waals surface area contributed by atoms with Gasteiger partial charge in [0.1, 0.15) is 18.3 Å². The molecule has 0 amide bonds. The molecule has 0 unspecified atom stereocenters. The van der Waals surface area contributed by atoms with Gasteiger partial charge in [-0.15, -0.1) is 0 Å². The maximum atomic E-state index is 13.6. The lowest BCUT2D eigenvalue weighted by Gasteiger charge is -2.40. The van der Waals surface area contributed by atoms with Crippen molar-refractivity contribution >= 4 is 5.78 Å². The van der Waals surface area contributed by atoms with Crippen molar-refractivity contribution in [2.75, 3.05) is 6.61 Å². The normalized spacial score (nSPS) is 22.3. The molecule has 0 aromatic heterocycles. The quantitative estimate of drug-likeness (QED) is 0.346. The summed E-state index contributed by atoms with van der Waals surface area (Å²) < 4.78 is 24.7. The lowest BCUT2D eigenvalue weighted by Crippen LogP contribution is -2.58. The van der Waals surface area contributed by atoms with Crippen LogP contribution in [0.4, 0.5) is 0 Å². The first kappa shape index (κ1) is 25.3. The minimum Gasteiger partial charge on any atom is -0.374 e. The number of benzene rings is 3. The van der Waals surface area contributed by atoms with Crippen molar-refractivity contribution in [3.8, 4) is 0 Å². The summed E-state index contributed by atoms with van der Waals surface area (Å²) in [5, 5.41) is 0. The van der Waals surface area contributed by atoms with Crippen LogP contribution in [0, 0.1) is 0 Å². The third-order valence-corrected chi connectivity index (χ3v) is 6.11. The first-order chi connectivity index (χ1) is 17.2. The molecule has 0 N–H and O–H groups in total. The predicted molar refractivity (Wildman–Crippen MR) is 135 cm³/mol. The Bertz CT molecular complexity index is 1010. The predicted octanol–water partition coefficient (Wildman–Crippen LogP) is 5.51. The minimum absolute atomic E-state index is 0.126. The first-order valence-corrected chi connectivity index (χ1v) is 12.4. The summed E-state index contributed by atoms with van der Waals surface area (Å²) in [6.07, 6.45) is -0.480. The monoisotopic (exact) mass is 474 g/mol. The average Bonchev–Trinajstić information content (AvgIpc) is 2.90. The van der Waals surface area contributed by atoms with Crippen LogP contribution in [0.1, 0.15) is 36.5 Å². The Hall–Kier alpha value is -2.83. The number of ketones is 1. The van der Waals surface area contributed by atoms with Gasteiger partial charge in [-0.2, -0.15) is 0 Å². The highest BCUT2D eigenvalue weighted by Crippen LogP contribution is 2.28. The molecule has 3 aromatic rings. The van der Waals surface area contributed by atoms with Crippen molar-refractivity contribution in [1.82, 2.24) is 0 Å². The van der Waals surface area contributed by atoms with Gasteiger partial charge in [-0.3, -0.25) is 4.79 Å². The molecule has 0 saturated carbocycles. The second-order valence-electron chi connectivity index (χ2n) is 8.83. The zero-order valence-electron chi connectivity index (χ0n) is 20.3. The van der Waals surface area contributed by atoms with E-state index in [1.54, 1.807) is 0 Å². The fraction of sp³-hybridized carbons (Fsp3) is 0.367. The largest absolute Gasteiger partial charge is 0.374 e. The molecule has 4 rings (SSSR count). The van der Waals surface area contributed by atoms with Gasteiger partial charge < -0.3 is 18.9 Å². The second kappa shape index (κ2) is 13.3. The van der Waals surface area contributed by atoms with Crippen LogP contribution in [-0.4, -0.2) is 36.8 Å². The molecule has 0 aliphatic carbocycles. The summed E-state index contributed by atoms with van der Waals surface area (Å²) >= 11 is 0. The fourth-order valence-corrected chi connectivity index (χ4v) is 4.29. The molecule has 3 aromatic carbocycles. The molecule has 0 radical (unpaired) electrons. The average molecular weight is 475 g/mol. The van der Waals surface area contributed by atoms with E-state index in [-0.39, 0.29) is 18.5 Å². The highest BCUT2D eigenvalue weighted by atomic mass is 16.6. The summed E-state index contributed by atoms with van der Waals surface area (Å²) in [4.78, 5) is 13.6. The third kappa shape index (κ3) is 7.33. The highest BCUT2D eigenvalue weighted by Gasteiger charge is 2.46. The smallest absolute Gasteiger partial charge is 0.195 e. The molecule has 35 heavy (non-hydrogen) atoms. The van der Waals surface area contributed by atoms with Gasteiger partial charge in [-0.1, -0.05) is 104 Å². The molecular weight excluding hydrogens is 440 g/mol. The molecule has 184 valence electrons. The SMILES string of the molecule is CCC[C@H]1O[C@H](COCc2ccccc2)C(=O)[C@H](OCc2ccccc2)[C@H]1OCc1ccccc1. The van der Waals surface area contributed by atoms with Crippen LogP contribution in [0.2, 0.25) is 0 Å². The summed E-state index contributed by atoms with van der Waals surface area (Å²) in [7, 11) is 0. The fourth-order valence-electron chi connectivity index (χ4n) is 4.29. The standard InChI is InChI=1S/C30H34O5/c1-2-12-26-29(33-20-24-15-8-4-9-16-24)30(34-21-25-17-10-5-11-18-25)28(31)27(35-26)22-32-19-23-13-6-3-7-14-23/h3-11,13-18,26-27,29-30H,2,12,19-22H2,1H3/t26-,27-,29+,30+/m1/s1. The molecule has 0 bridgehead atoms. The Kier molecular flexibility index (Phi) is 9.61. The van der Waals surface area contributed by atoms with Crippen LogP contribution in [0.25, 0.3) is 0 Å². The van der Waals surface area contributed by atoms with Crippen molar-refractivity contribution in [2.45, 2.75) is 64.0 Å². The lowest BCUT2D eigenvalue weighted by atomic mass is 9.93. The van der Waals surface area contributed by atoms with Crippen molar-refractivity contribution < 1.29 is 23.7 Å². The second-order valence-corrected chi connectivity index (χ2v) is 8.83. The summed E-state index contributed by atoms with van der Waals surface area (Å²) in [6, 6.07) is 29.8. The van der Waals surface area contributed by atoms with E-state index in [0.29, 0.717) is 19.8 Å². The van der Waals surface area contributed by atoms with Crippen LogP contribution < -0.4 is 0 Å². The van der Waals surface area contributed by atoms with Crippen LogP contribution in [0.3, 0.4) is 0 Å². The number of rotatable bonds is 12. The Balaban J connectivity index is 1.47. The maximum absolute atomic E-state index is 13.6. The van der Waals surface area contributed by atoms with E-state index >= 15 is 0 Å². The lowest BCUT2D eigenvalue weighted by molar-refractivity contribution is -0.212. The zero-order valence-corrected chi connectivity index (χ0v) is 20.3. The van der Waals surface area contributed by atoms with E-state index in [1.165, 1.54) is 0 Å². The van der Waals surface area contributed by atoms with Gasteiger partial charge in [0.25, 0.3) is 0 Å². The van der Waals surface area contributed by atoms with Crippen molar-refractivity contribution in [3.63, 3.8) is 0 Å². The van der Waals surface area contributed by atoms with Gasteiger partial charge in [0.2, 0.25) is 0 Å². The summed E-state index contributed by atoms with van der Waals surface area (Å²) in [5.74, 6) is -0.126. The minimum atomic E-state index is -0.727. The van der Waals surface area contributed by atoms with E-state index < -0.39 is 18.3 Å². The molecule has 1 heterocycles. The molecule has 1 saturated heterocycles. The number of carbonyl (C=O) groups excluding carboxylic acids is 1. The van der Waals surface area contributed by atoms with Crippen LogP contribution in [-0.2, 0) is 43.6 Å². The third-order valence-electron chi connectivity index (χ3n) is 6.11. The van der Waals surface area contributed by atoms with Gasteiger partial charge in [0.05, 0.1) is 32.5 Å². The number of carbonyl (C=O) groups is 1. The number of Topliss-reactive ketones (excluding diaryl/α,β-unsaturated/α-hetero) is 1. The highest BCUT2D eigenvalue weighted by molar-refractivity contribution is 5.89. The molecule has 5 heteroatoms. The van der Waals surface area contributed by atoms with E-state index in [4.69, 9.17) is 18.9 Å². The van der Waals surface area contributed by atoms with Crippen molar-refractivity contribution in [3.05, 3.63) is 108 Å². The van der Waals surface area contributed by atoms with Crippen LogP contribution in [0.15, 0.2) is 91.0 Å². The summed E-state index contributed by atoms with van der Waals surface area (Å²) in [5.41, 5.74) is 3.12. The Morgan fingerprint density at radius 1 is 0.714 bits per heavy atom. The number of hydrogen-bond donors (Lipinski definition) is 0. The van der Waals surface area contributed by atoms with Gasteiger partial charge >= 0.3 is 0 Å².